The maximum Gasteiger partial charge on any atom is 0.349 e. The van der Waals surface area contributed by atoms with Crippen molar-refractivity contribution < 1.29 is 13.9 Å². The first-order valence-electron chi connectivity index (χ1n) is 9.85. The highest BCUT2D eigenvalue weighted by Crippen LogP contribution is 2.29. The Bertz CT molecular complexity index is 1080. The van der Waals surface area contributed by atoms with Gasteiger partial charge < -0.3 is 14.5 Å². The molecule has 2 heterocycles. The molecule has 4 rings (SSSR count). The van der Waals surface area contributed by atoms with Gasteiger partial charge in [0, 0.05) is 16.9 Å². The van der Waals surface area contributed by atoms with Crippen molar-refractivity contribution in [3.05, 3.63) is 70.2 Å². The molecule has 3 aromatic rings. The number of carbonyl (C=O) groups excluding carboxylic acids is 1. The van der Waals surface area contributed by atoms with Crippen LogP contribution in [0, 0.1) is 0 Å². The zero-order valence-corrected chi connectivity index (χ0v) is 17.5. The van der Waals surface area contributed by atoms with Crippen molar-refractivity contribution in [1.82, 2.24) is 9.55 Å². The van der Waals surface area contributed by atoms with Gasteiger partial charge in [-0.05, 0) is 62.1 Å². The molecule has 0 atom stereocenters. The molecule has 0 radical (unpaired) electrons. The van der Waals surface area contributed by atoms with Crippen LogP contribution in [0.1, 0.15) is 29.9 Å². The smallest absolute Gasteiger partial charge is 0.349 e. The first kappa shape index (κ1) is 20.3. The lowest BCUT2D eigenvalue weighted by Gasteiger charge is -2.22. The molecule has 1 aliphatic rings. The number of furan rings is 1. The summed E-state index contributed by atoms with van der Waals surface area (Å²) in [5.41, 5.74) is 2.49. The number of hydrogen-bond donors (Lipinski definition) is 1. The maximum absolute atomic E-state index is 12.7. The monoisotopic (exact) mass is 425 g/mol. The summed E-state index contributed by atoms with van der Waals surface area (Å²) in [6.45, 7) is 0.379. The Morgan fingerprint density at radius 2 is 2.03 bits per heavy atom. The van der Waals surface area contributed by atoms with Gasteiger partial charge in [0.05, 0.1) is 25.7 Å². The van der Waals surface area contributed by atoms with Crippen LogP contribution in [0.2, 0.25) is 0 Å². The number of methoxy groups -OCH3 is 1. The zero-order valence-electron chi connectivity index (χ0n) is 16.7. The van der Waals surface area contributed by atoms with Gasteiger partial charge in [0.2, 0.25) is 5.91 Å². The van der Waals surface area contributed by atoms with Crippen LogP contribution in [-0.4, -0.2) is 28.3 Å². The van der Waals surface area contributed by atoms with Crippen LogP contribution in [-0.2, 0) is 24.2 Å². The van der Waals surface area contributed by atoms with E-state index in [-0.39, 0.29) is 17.3 Å². The number of benzene rings is 1. The predicted octanol–water partition coefficient (Wildman–Crippen LogP) is 3.50. The number of carbonyl (C=O) groups is 1. The summed E-state index contributed by atoms with van der Waals surface area (Å²) in [5.74, 6) is 1.50. The van der Waals surface area contributed by atoms with E-state index in [1.54, 1.807) is 42.2 Å². The number of thioether (sulfide) groups is 1. The standard InChI is InChI=1S/C22H23N3O4S/c1-28-16-10-8-15(9-11-16)23-20(26)14-30-21-18-6-2-3-7-19(18)25(22(27)24-21)13-17-5-4-12-29-17/h4-5,8-12H,2-3,6-7,13-14H2,1H3,(H,23,26). The molecule has 0 fully saturated rings. The van der Waals surface area contributed by atoms with Gasteiger partial charge >= 0.3 is 5.69 Å². The minimum absolute atomic E-state index is 0.142. The van der Waals surface area contributed by atoms with Gasteiger partial charge in [0.25, 0.3) is 0 Å². The fourth-order valence-corrected chi connectivity index (χ4v) is 4.47. The molecule has 156 valence electrons. The number of hydrogen-bond acceptors (Lipinski definition) is 6. The van der Waals surface area contributed by atoms with Gasteiger partial charge in [-0.15, -0.1) is 0 Å². The predicted molar refractivity (Wildman–Crippen MR) is 115 cm³/mol. The number of nitrogens with one attached hydrogen (secondary N) is 1. The molecule has 0 bridgehead atoms. The van der Waals surface area contributed by atoms with Crippen molar-refractivity contribution in [2.75, 3.05) is 18.2 Å². The molecule has 0 spiro atoms. The Balaban J connectivity index is 1.49. The number of amides is 1. The number of nitrogens with zero attached hydrogens (tertiary/aromatic N) is 2. The third-order valence-electron chi connectivity index (χ3n) is 5.06. The van der Waals surface area contributed by atoms with Crippen molar-refractivity contribution in [1.29, 1.82) is 0 Å². The molecule has 2 aromatic heterocycles. The highest BCUT2D eigenvalue weighted by molar-refractivity contribution is 8.00. The van der Waals surface area contributed by atoms with E-state index in [4.69, 9.17) is 9.15 Å². The Morgan fingerprint density at radius 1 is 1.23 bits per heavy atom. The van der Waals surface area contributed by atoms with Crippen molar-refractivity contribution in [2.45, 2.75) is 37.3 Å². The van der Waals surface area contributed by atoms with Crippen molar-refractivity contribution in [3.8, 4) is 5.75 Å². The Kier molecular flexibility index (Phi) is 6.23. The van der Waals surface area contributed by atoms with Crippen LogP contribution >= 0.6 is 11.8 Å². The first-order valence-corrected chi connectivity index (χ1v) is 10.8. The summed E-state index contributed by atoms with van der Waals surface area (Å²) in [7, 11) is 1.60. The second-order valence-electron chi connectivity index (χ2n) is 7.06. The minimum atomic E-state index is -0.301. The van der Waals surface area contributed by atoms with E-state index in [9.17, 15) is 9.59 Å². The summed E-state index contributed by atoms with van der Waals surface area (Å²) in [6.07, 6.45) is 5.39. The second kappa shape index (κ2) is 9.21. The third kappa shape index (κ3) is 4.59. The number of fused-ring (bicyclic) bond motifs is 1. The minimum Gasteiger partial charge on any atom is -0.497 e. The van der Waals surface area contributed by atoms with Crippen LogP contribution in [0.5, 0.6) is 5.75 Å². The van der Waals surface area contributed by atoms with E-state index in [0.29, 0.717) is 17.3 Å². The van der Waals surface area contributed by atoms with E-state index in [0.717, 1.165) is 48.5 Å². The van der Waals surface area contributed by atoms with E-state index in [1.807, 2.05) is 12.1 Å². The summed E-state index contributed by atoms with van der Waals surface area (Å²) >= 11 is 1.32. The van der Waals surface area contributed by atoms with Crippen LogP contribution in [0.15, 0.2) is 56.9 Å². The summed E-state index contributed by atoms with van der Waals surface area (Å²) < 4.78 is 12.2. The van der Waals surface area contributed by atoms with Gasteiger partial charge in [0.15, 0.2) is 0 Å². The molecule has 1 aromatic carbocycles. The SMILES string of the molecule is COc1ccc(NC(=O)CSc2nc(=O)n(Cc3ccco3)c3c2CCCC3)cc1. The lowest BCUT2D eigenvalue weighted by molar-refractivity contribution is -0.113. The van der Waals surface area contributed by atoms with E-state index >= 15 is 0 Å². The number of ether oxygens (including phenoxy) is 1. The molecule has 1 aliphatic carbocycles. The molecule has 0 unspecified atom stereocenters. The molecular weight excluding hydrogens is 402 g/mol. The quantitative estimate of drug-likeness (QED) is 0.461. The molecule has 8 heteroatoms. The van der Waals surface area contributed by atoms with Gasteiger partial charge in [-0.3, -0.25) is 9.36 Å². The fraction of sp³-hybridized carbons (Fsp3) is 0.318. The number of rotatable bonds is 7. The number of anilines is 1. The topological polar surface area (TPSA) is 86.4 Å². The van der Waals surface area contributed by atoms with Crippen LogP contribution in [0.25, 0.3) is 0 Å². The Morgan fingerprint density at radius 3 is 2.77 bits per heavy atom. The van der Waals surface area contributed by atoms with Crippen LogP contribution in [0.4, 0.5) is 5.69 Å². The highest BCUT2D eigenvalue weighted by Gasteiger charge is 2.21. The molecular formula is C22H23N3O4S. The average molecular weight is 426 g/mol. The largest absolute Gasteiger partial charge is 0.497 e. The lowest BCUT2D eigenvalue weighted by atomic mass is 9.97. The summed E-state index contributed by atoms with van der Waals surface area (Å²) in [4.78, 5) is 29.4. The fourth-order valence-electron chi connectivity index (χ4n) is 3.59. The van der Waals surface area contributed by atoms with E-state index in [2.05, 4.69) is 10.3 Å². The highest BCUT2D eigenvalue weighted by atomic mass is 32.2. The van der Waals surface area contributed by atoms with Gasteiger partial charge in [-0.25, -0.2) is 4.79 Å². The average Bonchev–Trinajstić information content (AvgIpc) is 3.28. The van der Waals surface area contributed by atoms with Crippen molar-refractivity contribution >= 4 is 23.4 Å². The first-order chi connectivity index (χ1) is 14.6. The van der Waals surface area contributed by atoms with Crippen LogP contribution < -0.4 is 15.7 Å². The second-order valence-corrected chi connectivity index (χ2v) is 8.03. The van der Waals surface area contributed by atoms with E-state index in [1.165, 1.54) is 11.8 Å². The molecule has 1 N–H and O–H groups in total. The van der Waals surface area contributed by atoms with Gasteiger partial charge in [-0.2, -0.15) is 4.98 Å². The summed E-state index contributed by atoms with van der Waals surface area (Å²) in [6, 6.07) is 10.8. The molecule has 1 amide bonds. The zero-order chi connectivity index (χ0) is 20.9. The molecule has 30 heavy (non-hydrogen) atoms. The molecule has 0 saturated heterocycles. The van der Waals surface area contributed by atoms with E-state index < -0.39 is 0 Å². The molecule has 7 nitrogen and oxygen atoms in total. The van der Waals surface area contributed by atoms with Crippen molar-refractivity contribution in [2.24, 2.45) is 0 Å². The Hall–Kier alpha value is -3.00. The molecule has 0 saturated carbocycles. The molecule has 0 aliphatic heterocycles. The van der Waals surface area contributed by atoms with Gasteiger partial charge in [-0.1, -0.05) is 11.8 Å². The third-order valence-corrected chi connectivity index (χ3v) is 6.08. The van der Waals surface area contributed by atoms with Gasteiger partial charge in [0.1, 0.15) is 16.5 Å². The maximum atomic E-state index is 12.7. The lowest BCUT2D eigenvalue weighted by Crippen LogP contribution is -2.30. The normalized spacial score (nSPS) is 13.0. The Labute approximate surface area is 178 Å². The number of aromatic nitrogens is 2. The van der Waals surface area contributed by atoms with Crippen LogP contribution in [0.3, 0.4) is 0 Å². The van der Waals surface area contributed by atoms with Crippen molar-refractivity contribution in [3.63, 3.8) is 0 Å². The summed E-state index contributed by atoms with van der Waals surface area (Å²) in [5, 5.41) is 3.52.